The van der Waals surface area contributed by atoms with E-state index in [9.17, 15) is 9.59 Å². The predicted octanol–water partition coefficient (Wildman–Crippen LogP) is 6.72. The zero-order valence-corrected chi connectivity index (χ0v) is 26.0. The fourth-order valence-electron chi connectivity index (χ4n) is 5.09. The van der Waals surface area contributed by atoms with Gasteiger partial charge in [0.15, 0.2) is 0 Å². The Balaban J connectivity index is 1.28. The molecule has 8 nitrogen and oxygen atoms in total. The normalized spacial score (nSPS) is 11.8. The van der Waals surface area contributed by atoms with Gasteiger partial charge in [0.1, 0.15) is 0 Å². The first-order valence-corrected chi connectivity index (χ1v) is 14.4. The molecule has 0 saturated carbocycles. The number of quaternary nitrogens is 2. The number of aryl methyl sites for hydroxylation is 1. The van der Waals surface area contributed by atoms with Crippen LogP contribution in [0.2, 0.25) is 0 Å². The first-order valence-electron chi connectivity index (χ1n) is 14.4. The minimum atomic E-state index is -0.161. The Labute approximate surface area is 255 Å². The summed E-state index contributed by atoms with van der Waals surface area (Å²) < 4.78 is 1.74. The highest BCUT2D eigenvalue weighted by atomic mass is 16.2. The molecule has 9 heteroatoms. The summed E-state index contributed by atoms with van der Waals surface area (Å²) in [6.45, 7) is 2.97. The first kappa shape index (κ1) is 31.3. The smallest absolute Gasteiger partial charge is 0.345 e. The molecule has 0 fully saturated rings. The number of benzene rings is 4. The molecule has 0 unspecified atom stereocenters. The molecule has 0 atom stereocenters. The molecule has 2 amide bonds. The lowest BCUT2D eigenvalue weighted by Gasteiger charge is -2.34. The lowest BCUT2D eigenvalue weighted by molar-refractivity contribution is -0.888. The molecular formula is C34H41BN6O2+2. The third kappa shape index (κ3) is 9.73. The molecule has 0 bridgehead atoms. The third-order valence-electron chi connectivity index (χ3n) is 6.79. The minimum absolute atomic E-state index is 0.157. The summed E-state index contributed by atoms with van der Waals surface area (Å²) in [5, 5.41) is 14.4. The maximum absolute atomic E-state index is 12.8. The summed E-state index contributed by atoms with van der Waals surface area (Å²) >= 11 is 0. The van der Waals surface area contributed by atoms with Crippen LogP contribution in [0.1, 0.15) is 38.8 Å². The second-order valence-corrected chi connectivity index (χ2v) is 12.5. The number of anilines is 2. The van der Waals surface area contributed by atoms with E-state index in [0.717, 1.165) is 29.3 Å². The molecule has 0 aliphatic carbocycles. The molecule has 43 heavy (non-hydrogen) atoms. The van der Waals surface area contributed by atoms with Crippen LogP contribution in [0.15, 0.2) is 107 Å². The van der Waals surface area contributed by atoms with Gasteiger partial charge in [0, 0.05) is 28.1 Å². The number of hydrogen-bond donors (Lipinski definition) is 2. The van der Waals surface area contributed by atoms with Gasteiger partial charge >= 0.3 is 7.55 Å². The van der Waals surface area contributed by atoms with E-state index in [1.807, 2.05) is 48.5 Å². The standard InChI is InChI=1S/C34H39BN6O2/c1-7-25-8-12-27(13-9-25)33(42)36-29-16-20-31(21-17-29)38-39-32-22-18-30(19-23-32)37-34(43)28-14-10-26(11-15-28)24-41(5,6)35-40(2,3)4/h8-23,35H,7,24H2,1-6H3/p+2. The molecule has 0 aliphatic heterocycles. The van der Waals surface area contributed by atoms with E-state index in [1.165, 1.54) is 11.1 Å². The Morgan fingerprint density at radius 1 is 0.605 bits per heavy atom. The van der Waals surface area contributed by atoms with Gasteiger partial charge in [-0.2, -0.15) is 10.2 Å². The van der Waals surface area contributed by atoms with Crippen LogP contribution >= 0.6 is 0 Å². The van der Waals surface area contributed by atoms with E-state index in [4.69, 9.17) is 0 Å². The van der Waals surface area contributed by atoms with Crippen LogP contribution in [0.25, 0.3) is 0 Å². The van der Waals surface area contributed by atoms with E-state index < -0.39 is 0 Å². The Morgan fingerprint density at radius 2 is 1.00 bits per heavy atom. The molecule has 0 spiro atoms. The van der Waals surface area contributed by atoms with Crippen LogP contribution in [0, 0.1) is 0 Å². The lowest BCUT2D eigenvalue weighted by Crippen LogP contribution is -2.56. The molecule has 2 N–H and O–H groups in total. The largest absolute Gasteiger partial charge is 0.657 e. The number of carbonyl (C=O) groups is 2. The Kier molecular flexibility index (Phi) is 9.90. The van der Waals surface area contributed by atoms with Crippen molar-refractivity contribution in [1.29, 1.82) is 0 Å². The van der Waals surface area contributed by atoms with Crippen LogP contribution in [-0.2, 0) is 13.0 Å². The lowest BCUT2D eigenvalue weighted by atomic mass is 9.97. The maximum Gasteiger partial charge on any atom is 0.657 e. The number of azo groups is 1. The first-order chi connectivity index (χ1) is 20.4. The van der Waals surface area contributed by atoms with Gasteiger partial charge in [-0.3, -0.25) is 9.59 Å². The van der Waals surface area contributed by atoms with Crippen molar-refractivity contribution in [2.45, 2.75) is 19.9 Å². The van der Waals surface area contributed by atoms with Crippen LogP contribution in [0.4, 0.5) is 22.7 Å². The zero-order chi connectivity index (χ0) is 31.0. The van der Waals surface area contributed by atoms with Gasteiger partial charge in [-0.05, 0) is 84.8 Å². The number of nitrogens with one attached hydrogen (secondary N) is 2. The molecule has 0 radical (unpaired) electrons. The summed E-state index contributed by atoms with van der Waals surface area (Å²) in [5.41, 5.74) is 6.29. The van der Waals surface area contributed by atoms with Crippen molar-refractivity contribution in [2.75, 3.05) is 45.9 Å². The van der Waals surface area contributed by atoms with Crippen molar-refractivity contribution < 1.29 is 18.4 Å². The second-order valence-electron chi connectivity index (χ2n) is 12.5. The summed E-state index contributed by atoms with van der Waals surface area (Å²) in [6.07, 6.45) is 0.935. The zero-order valence-electron chi connectivity index (χ0n) is 26.0. The molecule has 4 aromatic rings. The van der Waals surface area contributed by atoms with Gasteiger partial charge < -0.3 is 19.4 Å². The van der Waals surface area contributed by atoms with Crippen molar-refractivity contribution >= 4 is 42.1 Å². The van der Waals surface area contributed by atoms with Crippen molar-refractivity contribution in [2.24, 2.45) is 10.2 Å². The molecule has 0 aromatic heterocycles. The van der Waals surface area contributed by atoms with Crippen LogP contribution in [0.3, 0.4) is 0 Å². The molecular weight excluding hydrogens is 535 g/mol. The predicted molar refractivity (Wildman–Crippen MR) is 176 cm³/mol. The number of amides is 2. The fourth-order valence-corrected chi connectivity index (χ4v) is 5.09. The monoisotopic (exact) mass is 576 g/mol. The number of carbonyl (C=O) groups excluding carboxylic acids is 2. The molecule has 0 saturated heterocycles. The van der Waals surface area contributed by atoms with Crippen LogP contribution in [0.5, 0.6) is 0 Å². The summed E-state index contributed by atoms with van der Waals surface area (Å²) in [7, 11) is 12.0. The van der Waals surface area contributed by atoms with Crippen molar-refractivity contribution in [3.8, 4) is 0 Å². The SMILES string of the molecule is CCc1ccc(C(=O)Nc2ccc(/N=N/c3ccc(NC(=O)c4ccc(C[N+](C)(C)B[N+](C)(C)C)cc4)cc3)cc2)cc1. The van der Waals surface area contributed by atoms with E-state index in [1.54, 1.807) is 48.5 Å². The third-order valence-corrected chi connectivity index (χ3v) is 6.79. The topological polar surface area (TPSA) is 82.9 Å². The second kappa shape index (κ2) is 13.6. The highest BCUT2D eigenvalue weighted by Gasteiger charge is 2.31. The van der Waals surface area contributed by atoms with Gasteiger partial charge in [-0.15, -0.1) is 0 Å². The summed E-state index contributed by atoms with van der Waals surface area (Å²) in [5.74, 6) is -0.318. The van der Waals surface area contributed by atoms with Crippen molar-refractivity contribution in [3.05, 3.63) is 119 Å². The van der Waals surface area contributed by atoms with E-state index in [0.29, 0.717) is 33.9 Å². The molecule has 0 heterocycles. The number of hydrogen-bond acceptors (Lipinski definition) is 4. The van der Waals surface area contributed by atoms with Gasteiger partial charge in [0.2, 0.25) is 0 Å². The Bertz CT molecular complexity index is 1560. The average molecular weight is 577 g/mol. The van der Waals surface area contributed by atoms with Gasteiger partial charge in [-0.25, -0.2) is 0 Å². The quantitative estimate of drug-likeness (QED) is 0.154. The highest BCUT2D eigenvalue weighted by Crippen LogP contribution is 2.23. The Morgan fingerprint density at radius 3 is 1.37 bits per heavy atom. The van der Waals surface area contributed by atoms with Crippen LogP contribution < -0.4 is 10.6 Å². The van der Waals surface area contributed by atoms with Crippen molar-refractivity contribution in [3.63, 3.8) is 0 Å². The van der Waals surface area contributed by atoms with E-state index in [2.05, 4.69) is 63.0 Å². The number of rotatable bonds is 11. The molecule has 4 aromatic carbocycles. The van der Waals surface area contributed by atoms with Gasteiger partial charge in [-0.1, -0.05) is 31.2 Å². The van der Waals surface area contributed by atoms with Crippen LogP contribution in [-0.4, -0.2) is 63.4 Å². The molecule has 4 rings (SSSR count). The fraction of sp³-hybridized carbons (Fsp3) is 0.235. The number of nitrogens with zero attached hydrogens (tertiary/aromatic N) is 4. The van der Waals surface area contributed by atoms with Crippen molar-refractivity contribution in [1.82, 2.24) is 0 Å². The van der Waals surface area contributed by atoms with Gasteiger partial charge in [0.05, 0.1) is 53.2 Å². The molecule has 0 aliphatic rings. The summed E-state index contributed by atoms with van der Waals surface area (Å²) in [4.78, 5) is 25.3. The Hall–Kier alpha value is -4.60. The maximum atomic E-state index is 12.8. The highest BCUT2D eigenvalue weighted by molar-refractivity contribution is 6.16. The van der Waals surface area contributed by atoms with E-state index in [-0.39, 0.29) is 11.8 Å². The average Bonchev–Trinajstić information content (AvgIpc) is 2.96. The minimum Gasteiger partial charge on any atom is -0.345 e. The van der Waals surface area contributed by atoms with Gasteiger partial charge in [0.25, 0.3) is 11.8 Å². The summed E-state index contributed by atoms with van der Waals surface area (Å²) in [6, 6.07) is 29.8. The van der Waals surface area contributed by atoms with E-state index >= 15 is 0 Å². The molecule has 220 valence electrons.